The SMILES string of the molecule is C=CCNC(C#N)c1ccc(Cl)cc1F. The molecule has 0 amide bonds. The Morgan fingerprint density at radius 1 is 1.67 bits per heavy atom. The van der Waals surface area contributed by atoms with Gasteiger partial charge < -0.3 is 0 Å². The highest BCUT2D eigenvalue weighted by atomic mass is 35.5. The summed E-state index contributed by atoms with van der Waals surface area (Å²) in [6.45, 7) is 3.96. The Kier molecular flexibility index (Phi) is 4.29. The van der Waals surface area contributed by atoms with E-state index in [-0.39, 0.29) is 0 Å². The third-order valence-electron chi connectivity index (χ3n) is 1.87. The van der Waals surface area contributed by atoms with E-state index in [1.165, 1.54) is 12.1 Å². The number of benzene rings is 1. The van der Waals surface area contributed by atoms with Crippen LogP contribution in [-0.4, -0.2) is 6.54 Å². The normalized spacial score (nSPS) is 11.8. The van der Waals surface area contributed by atoms with E-state index in [0.29, 0.717) is 17.1 Å². The average molecular weight is 225 g/mol. The van der Waals surface area contributed by atoms with E-state index in [2.05, 4.69) is 11.9 Å². The van der Waals surface area contributed by atoms with Crippen molar-refractivity contribution in [1.29, 1.82) is 5.26 Å². The first-order valence-electron chi connectivity index (χ1n) is 4.38. The minimum atomic E-state index is -0.680. The van der Waals surface area contributed by atoms with Crippen molar-refractivity contribution in [3.63, 3.8) is 0 Å². The van der Waals surface area contributed by atoms with E-state index in [4.69, 9.17) is 16.9 Å². The largest absolute Gasteiger partial charge is 0.295 e. The molecule has 1 atom stereocenters. The van der Waals surface area contributed by atoms with E-state index >= 15 is 0 Å². The molecular weight excluding hydrogens is 215 g/mol. The van der Waals surface area contributed by atoms with Gasteiger partial charge >= 0.3 is 0 Å². The first kappa shape index (κ1) is 11.7. The fraction of sp³-hybridized carbons (Fsp3) is 0.182. The van der Waals surface area contributed by atoms with E-state index in [0.717, 1.165) is 0 Å². The highest BCUT2D eigenvalue weighted by Crippen LogP contribution is 2.20. The second kappa shape index (κ2) is 5.50. The van der Waals surface area contributed by atoms with E-state index in [1.807, 2.05) is 6.07 Å². The van der Waals surface area contributed by atoms with Crippen LogP contribution in [0, 0.1) is 17.1 Å². The van der Waals surface area contributed by atoms with Gasteiger partial charge in [0, 0.05) is 17.1 Å². The highest BCUT2D eigenvalue weighted by Gasteiger charge is 2.13. The van der Waals surface area contributed by atoms with Gasteiger partial charge in [0.15, 0.2) is 0 Å². The molecule has 2 nitrogen and oxygen atoms in total. The predicted molar refractivity (Wildman–Crippen MR) is 58.0 cm³/mol. The number of halogens is 2. The van der Waals surface area contributed by atoms with Gasteiger partial charge in [0.2, 0.25) is 0 Å². The lowest BCUT2D eigenvalue weighted by atomic mass is 10.1. The second-order valence-corrected chi connectivity index (χ2v) is 3.36. The molecule has 4 heteroatoms. The number of nitrogens with one attached hydrogen (secondary N) is 1. The van der Waals surface area contributed by atoms with Crippen LogP contribution in [0.5, 0.6) is 0 Å². The summed E-state index contributed by atoms with van der Waals surface area (Å²) < 4.78 is 13.4. The summed E-state index contributed by atoms with van der Waals surface area (Å²) >= 11 is 5.61. The molecule has 1 aromatic rings. The molecule has 0 radical (unpaired) electrons. The highest BCUT2D eigenvalue weighted by molar-refractivity contribution is 6.30. The number of hydrogen-bond acceptors (Lipinski definition) is 2. The zero-order chi connectivity index (χ0) is 11.3. The quantitative estimate of drug-likeness (QED) is 0.799. The Morgan fingerprint density at radius 2 is 2.40 bits per heavy atom. The van der Waals surface area contributed by atoms with E-state index < -0.39 is 11.9 Å². The molecule has 78 valence electrons. The Morgan fingerprint density at radius 3 is 2.93 bits per heavy atom. The topological polar surface area (TPSA) is 35.8 Å². The van der Waals surface area contributed by atoms with Gasteiger partial charge in [0.05, 0.1) is 6.07 Å². The van der Waals surface area contributed by atoms with Gasteiger partial charge in [-0.05, 0) is 12.1 Å². The fourth-order valence-corrected chi connectivity index (χ4v) is 1.32. The fourth-order valence-electron chi connectivity index (χ4n) is 1.16. The molecule has 0 aromatic heterocycles. The molecule has 15 heavy (non-hydrogen) atoms. The van der Waals surface area contributed by atoms with Crippen molar-refractivity contribution in [3.05, 3.63) is 47.3 Å². The number of nitriles is 1. The molecule has 0 saturated carbocycles. The van der Waals surface area contributed by atoms with Crippen molar-refractivity contribution >= 4 is 11.6 Å². The predicted octanol–water partition coefficient (Wildman–Crippen LogP) is 2.82. The first-order valence-corrected chi connectivity index (χ1v) is 4.75. The summed E-state index contributed by atoms with van der Waals surface area (Å²) in [4.78, 5) is 0. The van der Waals surface area contributed by atoms with Gasteiger partial charge in [-0.1, -0.05) is 23.7 Å². The van der Waals surface area contributed by atoms with Crippen LogP contribution >= 0.6 is 11.6 Å². The minimum absolute atomic E-state index is 0.295. The lowest BCUT2D eigenvalue weighted by Gasteiger charge is -2.11. The summed E-state index contributed by atoms with van der Waals surface area (Å²) in [5.41, 5.74) is 0.295. The lowest BCUT2D eigenvalue weighted by molar-refractivity contribution is 0.577. The zero-order valence-electron chi connectivity index (χ0n) is 8.00. The molecule has 0 saturated heterocycles. The third kappa shape index (κ3) is 3.05. The maximum Gasteiger partial charge on any atom is 0.130 e. The van der Waals surface area contributed by atoms with Crippen LogP contribution in [0.25, 0.3) is 0 Å². The average Bonchev–Trinajstić information content (AvgIpc) is 2.21. The molecule has 0 fully saturated rings. The molecule has 1 unspecified atom stereocenters. The third-order valence-corrected chi connectivity index (χ3v) is 2.10. The van der Waals surface area contributed by atoms with Gasteiger partial charge in [-0.25, -0.2) is 4.39 Å². The smallest absolute Gasteiger partial charge is 0.130 e. The number of hydrogen-bond donors (Lipinski definition) is 1. The molecule has 0 aliphatic heterocycles. The molecular formula is C11H10ClFN2. The summed E-state index contributed by atoms with van der Waals surface area (Å²) in [6.07, 6.45) is 1.61. The zero-order valence-corrected chi connectivity index (χ0v) is 8.76. The maximum absolute atomic E-state index is 13.4. The van der Waals surface area contributed by atoms with Crippen LogP contribution in [-0.2, 0) is 0 Å². The van der Waals surface area contributed by atoms with Crippen molar-refractivity contribution in [3.8, 4) is 6.07 Å². The van der Waals surface area contributed by atoms with Gasteiger partial charge in [-0.2, -0.15) is 5.26 Å². The summed E-state index contributed by atoms with van der Waals surface area (Å²) in [5.74, 6) is -0.481. The van der Waals surface area contributed by atoms with Crippen molar-refractivity contribution in [2.24, 2.45) is 0 Å². The Hall–Kier alpha value is -1.37. The van der Waals surface area contributed by atoms with Crippen LogP contribution in [0.1, 0.15) is 11.6 Å². The van der Waals surface area contributed by atoms with Crippen molar-refractivity contribution in [2.45, 2.75) is 6.04 Å². The van der Waals surface area contributed by atoms with Gasteiger partial charge in [-0.15, -0.1) is 6.58 Å². The van der Waals surface area contributed by atoms with Crippen LogP contribution in [0.15, 0.2) is 30.9 Å². The molecule has 1 rings (SSSR count). The van der Waals surface area contributed by atoms with Gasteiger partial charge in [0.1, 0.15) is 11.9 Å². The summed E-state index contributed by atoms with van der Waals surface area (Å²) in [5, 5.41) is 12.0. The Labute approximate surface area is 93.0 Å². The minimum Gasteiger partial charge on any atom is -0.295 e. The van der Waals surface area contributed by atoms with Crippen molar-refractivity contribution in [2.75, 3.05) is 6.54 Å². The van der Waals surface area contributed by atoms with Crippen LogP contribution in [0.4, 0.5) is 4.39 Å². The Bertz CT molecular complexity index is 398. The molecule has 0 aliphatic carbocycles. The van der Waals surface area contributed by atoms with Gasteiger partial charge in [-0.3, -0.25) is 5.32 Å². The first-order chi connectivity index (χ1) is 7.19. The van der Waals surface area contributed by atoms with Crippen LogP contribution < -0.4 is 5.32 Å². The maximum atomic E-state index is 13.4. The molecule has 0 heterocycles. The molecule has 1 aromatic carbocycles. The number of rotatable bonds is 4. The van der Waals surface area contributed by atoms with E-state index in [1.54, 1.807) is 12.1 Å². The molecule has 0 aliphatic rings. The van der Waals surface area contributed by atoms with Gasteiger partial charge in [0.25, 0.3) is 0 Å². The lowest BCUT2D eigenvalue weighted by Crippen LogP contribution is -2.20. The number of nitrogens with zero attached hydrogens (tertiary/aromatic N) is 1. The van der Waals surface area contributed by atoms with Crippen LogP contribution in [0.2, 0.25) is 5.02 Å². The standard InChI is InChI=1S/C11H10ClFN2/c1-2-5-15-11(7-14)9-4-3-8(12)6-10(9)13/h2-4,6,11,15H,1,5H2. The van der Waals surface area contributed by atoms with Crippen LogP contribution in [0.3, 0.4) is 0 Å². The summed E-state index contributed by atoms with van der Waals surface area (Å²) in [6, 6.07) is 5.54. The monoisotopic (exact) mass is 224 g/mol. The van der Waals surface area contributed by atoms with E-state index in [9.17, 15) is 4.39 Å². The Balaban J connectivity index is 2.92. The molecule has 0 bridgehead atoms. The molecule has 0 spiro atoms. The van der Waals surface area contributed by atoms with Crippen molar-refractivity contribution < 1.29 is 4.39 Å². The molecule has 1 N–H and O–H groups in total. The second-order valence-electron chi connectivity index (χ2n) is 2.92. The summed E-state index contributed by atoms with van der Waals surface area (Å²) in [7, 11) is 0. The van der Waals surface area contributed by atoms with Crippen molar-refractivity contribution in [1.82, 2.24) is 5.32 Å².